The van der Waals surface area contributed by atoms with Crippen LogP contribution in [0.15, 0.2) is 84.9 Å². The fraction of sp³-hybridized carbons (Fsp3) is 0.241. The third kappa shape index (κ3) is 4.74. The van der Waals surface area contributed by atoms with Gasteiger partial charge in [-0.3, -0.25) is 4.79 Å². The van der Waals surface area contributed by atoms with E-state index in [2.05, 4.69) is 48.3 Å². The van der Waals surface area contributed by atoms with Crippen molar-refractivity contribution in [3.05, 3.63) is 96.2 Å². The van der Waals surface area contributed by atoms with Crippen LogP contribution in [0, 0.1) is 0 Å². The summed E-state index contributed by atoms with van der Waals surface area (Å²) in [5.74, 6) is 0.687. The van der Waals surface area contributed by atoms with Gasteiger partial charge in [0.1, 0.15) is 17.2 Å². The molecule has 1 amide bonds. The first kappa shape index (κ1) is 23.3. The number of benzene rings is 3. The van der Waals surface area contributed by atoms with Crippen LogP contribution in [-0.2, 0) is 6.54 Å². The first-order valence-electron chi connectivity index (χ1n) is 11.8. The van der Waals surface area contributed by atoms with Crippen LogP contribution < -0.4 is 10.2 Å². The van der Waals surface area contributed by atoms with Crippen molar-refractivity contribution in [1.82, 2.24) is 14.9 Å². The topological polar surface area (TPSA) is 50.2 Å². The molecule has 0 spiro atoms. The minimum atomic E-state index is -0.112. The number of hydrogen-bond acceptors (Lipinski definition) is 3. The van der Waals surface area contributed by atoms with Crippen LogP contribution >= 0.6 is 0 Å². The Labute approximate surface area is 202 Å². The summed E-state index contributed by atoms with van der Waals surface area (Å²) in [4.78, 5) is 20.9. The highest BCUT2D eigenvalue weighted by Gasteiger charge is 2.26. The van der Waals surface area contributed by atoms with Gasteiger partial charge < -0.3 is 14.8 Å². The van der Waals surface area contributed by atoms with Gasteiger partial charge in [0, 0.05) is 37.5 Å². The predicted octanol–water partition coefficient (Wildman–Crippen LogP) is 6.18. The second-order valence-electron chi connectivity index (χ2n) is 8.53. The van der Waals surface area contributed by atoms with Crippen LogP contribution in [0.2, 0.25) is 0 Å². The Kier molecular flexibility index (Phi) is 7.12. The molecular weight excluding hydrogens is 420 g/mol. The lowest BCUT2D eigenvalue weighted by molar-refractivity contribution is 0.0927. The standard InChI is InChI=1S/C29H32N4O/c1-5-25(21-13-9-7-10-14-21)30-29(34)27-26(22-17-19-24(20-18-22)32(3)4)31-28(33(27)6-2)23-15-11-8-12-16-23/h7-20,25H,5-6H2,1-4H3,(H,30,34)/t25-/m1/s1. The Balaban J connectivity index is 1.82. The molecule has 0 bridgehead atoms. The highest BCUT2D eigenvalue weighted by Crippen LogP contribution is 2.31. The number of anilines is 1. The maximum absolute atomic E-state index is 13.8. The first-order chi connectivity index (χ1) is 16.5. The van der Waals surface area contributed by atoms with Gasteiger partial charge in [-0.15, -0.1) is 0 Å². The van der Waals surface area contributed by atoms with E-state index in [0.29, 0.717) is 17.9 Å². The molecule has 1 aromatic heterocycles. The molecule has 174 valence electrons. The molecule has 1 heterocycles. The minimum absolute atomic E-state index is 0.0713. The average molecular weight is 453 g/mol. The number of carbonyl (C=O) groups is 1. The Bertz CT molecular complexity index is 1230. The van der Waals surface area contributed by atoms with Crippen molar-refractivity contribution in [3.8, 4) is 22.6 Å². The van der Waals surface area contributed by atoms with Gasteiger partial charge in [-0.2, -0.15) is 0 Å². The lowest BCUT2D eigenvalue weighted by atomic mass is 10.0. The Morgan fingerprint density at radius 3 is 2.06 bits per heavy atom. The van der Waals surface area contributed by atoms with E-state index in [9.17, 15) is 4.79 Å². The van der Waals surface area contributed by atoms with Gasteiger partial charge in [0.25, 0.3) is 5.91 Å². The minimum Gasteiger partial charge on any atom is -0.378 e. The summed E-state index contributed by atoms with van der Waals surface area (Å²) in [6.45, 7) is 4.78. The molecule has 0 saturated heterocycles. The van der Waals surface area contributed by atoms with Crippen molar-refractivity contribution >= 4 is 11.6 Å². The van der Waals surface area contributed by atoms with Gasteiger partial charge in [0.05, 0.1) is 6.04 Å². The number of carbonyl (C=O) groups excluding carboxylic acids is 1. The molecule has 4 aromatic rings. The van der Waals surface area contributed by atoms with E-state index < -0.39 is 0 Å². The Morgan fingerprint density at radius 2 is 1.50 bits per heavy atom. The summed E-state index contributed by atoms with van der Waals surface area (Å²) in [7, 11) is 4.03. The molecule has 4 rings (SSSR count). The molecule has 0 saturated carbocycles. The third-order valence-corrected chi connectivity index (χ3v) is 6.10. The largest absolute Gasteiger partial charge is 0.378 e. The van der Waals surface area contributed by atoms with E-state index in [4.69, 9.17) is 4.98 Å². The average Bonchev–Trinajstić information content (AvgIpc) is 3.28. The predicted molar refractivity (Wildman–Crippen MR) is 140 cm³/mol. The van der Waals surface area contributed by atoms with Crippen LogP contribution in [0.3, 0.4) is 0 Å². The van der Waals surface area contributed by atoms with Gasteiger partial charge in [0.15, 0.2) is 0 Å². The second-order valence-corrected chi connectivity index (χ2v) is 8.53. The van der Waals surface area contributed by atoms with Crippen molar-refractivity contribution in [2.24, 2.45) is 0 Å². The highest BCUT2D eigenvalue weighted by molar-refractivity contribution is 6.00. The number of amides is 1. The summed E-state index contributed by atoms with van der Waals surface area (Å²) in [6, 6.07) is 28.3. The Hall–Kier alpha value is -3.86. The van der Waals surface area contributed by atoms with Crippen molar-refractivity contribution in [3.63, 3.8) is 0 Å². The Morgan fingerprint density at radius 1 is 0.882 bits per heavy atom. The van der Waals surface area contributed by atoms with Gasteiger partial charge in [-0.1, -0.05) is 79.7 Å². The van der Waals surface area contributed by atoms with E-state index >= 15 is 0 Å². The molecule has 0 aliphatic heterocycles. The molecule has 5 nitrogen and oxygen atoms in total. The second kappa shape index (κ2) is 10.4. The molecular formula is C29H32N4O. The fourth-order valence-electron chi connectivity index (χ4n) is 4.25. The summed E-state index contributed by atoms with van der Waals surface area (Å²) < 4.78 is 2.03. The molecule has 1 atom stereocenters. The van der Waals surface area contributed by atoms with E-state index in [1.807, 2.05) is 79.3 Å². The molecule has 3 aromatic carbocycles. The first-order valence-corrected chi connectivity index (χ1v) is 11.8. The number of aromatic nitrogens is 2. The van der Waals surface area contributed by atoms with Crippen LogP contribution in [0.1, 0.15) is 42.4 Å². The fourth-order valence-corrected chi connectivity index (χ4v) is 4.25. The van der Waals surface area contributed by atoms with Crippen LogP contribution in [-0.4, -0.2) is 29.6 Å². The molecule has 1 N–H and O–H groups in total. The molecule has 0 aliphatic rings. The number of nitrogens with one attached hydrogen (secondary N) is 1. The summed E-state index contributed by atoms with van der Waals surface area (Å²) in [5, 5.41) is 3.27. The van der Waals surface area contributed by atoms with Crippen molar-refractivity contribution in [1.29, 1.82) is 0 Å². The van der Waals surface area contributed by atoms with Crippen LogP contribution in [0.4, 0.5) is 5.69 Å². The monoisotopic (exact) mass is 452 g/mol. The zero-order chi connectivity index (χ0) is 24.1. The number of rotatable bonds is 8. The zero-order valence-electron chi connectivity index (χ0n) is 20.3. The van der Waals surface area contributed by atoms with Crippen molar-refractivity contribution in [2.75, 3.05) is 19.0 Å². The lowest BCUT2D eigenvalue weighted by Gasteiger charge is -2.19. The summed E-state index contributed by atoms with van der Waals surface area (Å²) in [6.07, 6.45) is 0.800. The van der Waals surface area contributed by atoms with E-state index in [1.165, 1.54) is 0 Å². The van der Waals surface area contributed by atoms with Crippen molar-refractivity contribution in [2.45, 2.75) is 32.9 Å². The SMILES string of the molecule is CC[C@@H](NC(=O)c1c(-c2ccc(N(C)C)cc2)nc(-c2ccccc2)n1CC)c1ccccc1. The van der Waals surface area contributed by atoms with E-state index in [-0.39, 0.29) is 11.9 Å². The zero-order valence-corrected chi connectivity index (χ0v) is 20.3. The molecule has 0 aliphatic carbocycles. The quantitative estimate of drug-likeness (QED) is 0.347. The third-order valence-electron chi connectivity index (χ3n) is 6.10. The van der Waals surface area contributed by atoms with Crippen LogP contribution in [0.25, 0.3) is 22.6 Å². The van der Waals surface area contributed by atoms with Gasteiger partial charge in [0.2, 0.25) is 0 Å². The van der Waals surface area contributed by atoms with Gasteiger partial charge in [-0.05, 0) is 31.0 Å². The van der Waals surface area contributed by atoms with Crippen LogP contribution in [0.5, 0.6) is 0 Å². The summed E-state index contributed by atoms with van der Waals surface area (Å²) >= 11 is 0. The van der Waals surface area contributed by atoms with Crippen molar-refractivity contribution < 1.29 is 4.79 Å². The van der Waals surface area contributed by atoms with E-state index in [1.54, 1.807) is 0 Å². The molecule has 5 heteroatoms. The molecule has 0 radical (unpaired) electrons. The van der Waals surface area contributed by atoms with Gasteiger partial charge >= 0.3 is 0 Å². The highest BCUT2D eigenvalue weighted by atomic mass is 16.2. The number of hydrogen-bond donors (Lipinski definition) is 1. The lowest BCUT2D eigenvalue weighted by Crippen LogP contribution is -2.30. The number of imidazole rings is 1. The summed E-state index contributed by atoms with van der Waals surface area (Å²) in [5.41, 5.74) is 5.40. The smallest absolute Gasteiger partial charge is 0.270 e. The maximum atomic E-state index is 13.8. The molecule has 0 unspecified atom stereocenters. The van der Waals surface area contributed by atoms with E-state index in [0.717, 1.165) is 34.6 Å². The molecule has 0 fully saturated rings. The maximum Gasteiger partial charge on any atom is 0.270 e. The normalized spacial score (nSPS) is 11.8. The molecule has 34 heavy (non-hydrogen) atoms. The van der Waals surface area contributed by atoms with Gasteiger partial charge in [-0.25, -0.2) is 4.98 Å². The number of nitrogens with zero attached hydrogens (tertiary/aromatic N) is 3.